The van der Waals surface area contributed by atoms with E-state index in [1.807, 2.05) is 14.0 Å². The van der Waals surface area contributed by atoms with E-state index in [-0.39, 0.29) is 0 Å². The van der Waals surface area contributed by atoms with Crippen LogP contribution < -0.4 is 4.90 Å². The lowest BCUT2D eigenvalue weighted by Gasteiger charge is -2.21. The van der Waals surface area contributed by atoms with Gasteiger partial charge in [-0.3, -0.25) is 0 Å². The van der Waals surface area contributed by atoms with Gasteiger partial charge in [-0.1, -0.05) is 36.2 Å². The van der Waals surface area contributed by atoms with Gasteiger partial charge in [0.15, 0.2) is 0 Å². The number of halogens is 1. The summed E-state index contributed by atoms with van der Waals surface area (Å²) in [6.07, 6.45) is 1.85. The smallest absolute Gasteiger partial charge is 0.140 e. The maximum Gasteiger partial charge on any atom is 0.140 e. The lowest BCUT2D eigenvalue weighted by atomic mass is 10.2. The van der Waals surface area contributed by atoms with Crippen LogP contribution in [-0.4, -0.2) is 17.0 Å². The van der Waals surface area contributed by atoms with Gasteiger partial charge < -0.3 is 4.90 Å². The Kier molecular flexibility index (Phi) is 4.61. The molecule has 0 fully saturated rings. The molecule has 3 nitrogen and oxygen atoms in total. The van der Waals surface area contributed by atoms with Crippen molar-refractivity contribution in [2.75, 3.05) is 11.9 Å². The van der Waals surface area contributed by atoms with Crippen LogP contribution in [0.1, 0.15) is 30.3 Å². The van der Waals surface area contributed by atoms with Crippen LogP contribution in [0.25, 0.3) is 0 Å². The predicted molar refractivity (Wildman–Crippen MR) is 85.0 cm³/mol. The fraction of sp³-hybridized carbons (Fsp3) is 0.375. The first kappa shape index (κ1) is 14.8. The van der Waals surface area contributed by atoms with E-state index < -0.39 is 0 Å². The largest absolute Gasteiger partial charge is 0.329 e. The topological polar surface area (TPSA) is 29.0 Å². The minimum absolute atomic E-state index is 0.539. The normalized spacial score (nSPS) is 10.7. The number of hydrogen-bond acceptors (Lipinski definition) is 3. The van der Waals surface area contributed by atoms with Gasteiger partial charge in [-0.15, -0.1) is 0 Å². The van der Waals surface area contributed by atoms with Crippen LogP contribution in [0.2, 0.25) is 5.15 Å². The molecule has 20 heavy (non-hydrogen) atoms. The van der Waals surface area contributed by atoms with Crippen molar-refractivity contribution in [3.05, 3.63) is 46.4 Å². The fourth-order valence-corrected chi connectivity index (χ4v) is 2.26. The third-order valence-corrected chi connectivity index (χ3v) is 3.69. The molecule has 0 aliphatic carbocycles. The lowest BCUT2D eigenvalue weighted by molar-refractivity contribution is 0.826. The van der Waals surface area contributed by atoms with Crippen LogP contribution in [0.3, 0.4) is 0 Å². The summed E-state index contributed by atoms with van der Waals surface area (Å²) in [5.41, 5.74) is 3.25. The zero-order valence-corrected chi connectivity index (χ0v) is 13.2. The Morgan fingerprint density at radius 1 is 1.10 bits per heavy atom. The van der Waals surface area contributed by atoms with E-state index in [1.165, 1.54) is 5.56 Å². The highest BCUT2D eigenvalue weighted by atomic mass is 35.5. The predicted octanol–water partition coefficient (Wildman–Crippen LogP) is 4.47. The molecule has 2 rings (SSSR count). The molecule has 0 aliphatic rings. The van der Waals surface area contributed by atoms with Gasteiger partial charge >= 0.3 is 0 Å². The Morgan fingerprint density at radius 2 is 1.75 bits per heavy atom. The van der Waals surface area contributed by atoms with Crippen molar-refractivity contribution in [3.63, 3.8) is 0 Å². The van der Waals surface area contributed by atoms with E-state index in [0.717, 1.165) is 35.7 Å². The highest BCUT2D eigenvalue weighted by Gasteiger charge is 2.14. The summed E-state index contributed by atoms with van der Waals surface area (Å²) >= 11 is 6.23. The molecule has 2 aromatic rings. The molecule has 1 aromatic heterocycles. The average Bonchev–Trinajstić information content (AvgIpc) is 2.43. The minimum Gasteiger partial charge on any atom is -0.329 e. The van der Waals surface area contributed by atoms with E-state index >= 15 is 0 Å². The lowest BCUT2D eigenvalue weighted by Crippen LogP contribution is -2.15. The van der Waals surface area contributed by atoms with Crippen molar-refractivity contribution < 1.29 is 0 Å². The number of aryl methyl sites for hydroxylation is 2. The number of rotatable bonds is 4. The molecular weight excluding hydrogens is 270 g/mol. The molecule has 0 bridgehead atoms. The number of nitrogens with zero attached hydrogens (tertiary/aromatic N) is 3. The van der Waals surface area contributed by atoms with Gasteiger partial charge in [0.05, 0.1) is 0 Å². The van der Waals surface area contributed by atoms with Crippen LogP contribution in [0.4, 0.5) is 11.5 Å². The number of hydrogen-bond donors (Lipinski definition) is 0. The first-order valence-corrected chi connectivity index (χ1v) is 7.24. The zero-order valence-electron chi connectivity index (χ0n) is 12.4. The Balaban J connectivity index is 2.42. The summed E-state index contributed by atoms with van der Waals surface area (Å²) in [5.74, 6) is 1.68. The molecule has 4 heteroatoms. The maximum absolute atomic E-state index is 6.23. The van der Waals surface area contributed by atoms with Crippen molar-refractivity contribution in [3.8, 4) is 0 Å². The van der Waals surface area contributed by atoms with Crippen molar-refractivity contribution in [2.45, 2.75) is 33.6 Å². The highest BCUT2D eigenvalue weighted by molar-refractivity contribution is 6.30. The summed E-state index contributed by atoms with van der Waals surface area (Å²) < 4.78 is 0. The number of benzene rings is 1. The fourth-order valence-electron chi connectivity index (χ4n) is 2.07. The number of aromatic nitrogens is 2. The molecule has 0 aliphatic heterocycles. The zero-order chi connectivity index (χ0) is 14.7. The highest BCUT2D eigenvalue weighted by Crippen LogP contribution is 2.28. The molecule has 0 saturated heterocycles. The van der Waals surface area contributed by atoms with Gasteiger partial charge in [-0.2, -0.15) is 0 Å². The maximum atomic E-state index is 6.23. The summed E-state index contributed by atoms with van der Waals surface area (Å²) in [7, 11) is 2.01. The summed E-state index contributed by atoms with van der Waals surface area (Å²) in [6, 6.07) is 8.36. The van der Waals surface area contributed by atoms with Crippen LogP contribution in [0.5, 0.6) is 0 Å². The summed E-state index contributed by atoms with van der Waals surface area (Å²) in [4.78, 5) is 11.0. The molecule has 0 amide bonds. The third kappa shape index (κ3) is 3.10. The van der Waals surface area contributed by atoms with E-state index in [2.05, 4.69) is 53.0 Å². The van der Waals surface area contributed by atoms with E-state index in [1.54, 1.807) is 0 Å². The van der Waals surface area contributed by atoms with E-state index in [9.17, 15) is 0 Å². The molecular formula is C16H20ClN3. The Hall–Kier alpha value is -1.61. The van der Waals surface area contributed by atoms with E-state index in [4.69, 9.17) is 11.6 Å². The Bertz CT molecular complexity index is 593. The first-order valence-electron chi connectivity index (χ1n) is 6.86. The van der Waals surface area contributed by atoms with Crippen LogP contribution in [0.15, 0.2) is 24.3 Å². The molecule has 0 N–H and O–H groups in total. The Labute approximate surface area is 125 Å². The van der Waals surface area contributed by atoms with Crippen molar-refractivity contribution in [2.24, 2.45) is 0 Å². The van der Waals surface area contributed by atoms with Crippen LogP contribution in [-0.2, 0) is 6.42 Å². The SMILES string of the molecule is CCCc1nc(Cl)c(C)c(N(C)c2ccc(C)cc2)n1. The molecule has 0 spiro atoms. The molecule has 0 unspecified atom stereocenters. The first-order chi connectivity index (χ1) is 9.52. The summed E-state index contributed by atoms with van der Waals surface area (Å²) in [6.45, 7) is 6.15. The van der Waals surface area contributed by atoms with Crippen molar-refractivity contribution >= 4 is 23.1 Å². The van der Waals surface area contributed by atoms with Gasteiger partial charge in [0.2, 0.25) is 0 Å². The molecule has 1 heterocycles. The van der Waals surface area contributed by atoms with Crippen LogP contribution in [0, 0.1) is 13.8 Å². The van der Waals surface area contributed by atoms with Crippen molar-refractivity contribution in [1.82, 2.24) is 9.97 Å². The van der Waals surface area contributed by atoms with Gasteiger partial charge in [-0.25, -0.2) is 9.97 Å². The second-order valence-electron chi connectivity index (χ2n) is 5.02. The second kappa shape index (κ2) is 6.23. The average molecular weight is 290 g/mol. The molecule has 0 atom stereocenters. The van der Waals surface area contributed by atoms with Crippen LogP contribution >= 0.6 is 11.6 Å². The van der Waals surface area contributed by atoms with Crippen molar-refractivity contribution in [1.29, 1.82) is 0 Å². The third-order valence-electron chi connectivity index (χ3n) is 3.32. The van der Waals surface area contributed by atoms with Gasteiger partial charge in [0.25, 0.3) is 0 Å². The standard InChI is InChI=1S/C16H20ClN3/c1-5-6-14-18-15(17)12(3)16(19-14)20(4)13-9-7-11(2)8-10-13/h7-10H,5-6H2,1-4H3. The number of anilines is 2. The molecule has 0 radical (unpaired) electrons. The molecule has 106 valence electrons. The van der Waals surface area contributed by atoms with Gasteiger partial charge in [-0.05, 0) is 32.4 Å². The molecule has 1 aromatic carbocycles. The Morgan fingerprint density at radius 3 is 2.35 bits per heavy atom. The van der Waals surface area contributed by atoms with Gasteiger partial charge in [0, 0.05) is 24.7 Å². The second-order valence-corrected chi connectivity index (χ2v) is 5.38. The quantitative estimate of drug-likeness (QED) is 0.778. The monoisotopic (exact) mass is 289 g/mol. The molecule has 0 saturated carbocycles. The minimum atomic E-state index is 0.539. The summed E-state index contributed by atoms with van der Waals surface area (Å²) in [5, 5.41) is 0.539. The van der Waals surface area contributed by atoms with Gasteiger partial charge in [0.1, 0.15) is 16.8 Å². The van der Waals surface area contributed by atoms with E-state index in [0.29, 0.717) is 5.15 Å².